The molecule has 3 amide bonds. The molecule has 2 saturated carbocycles. The van der Waals surface area contributed by atoms with Crippen LogP contribution < -0.4 is 5.32 Å². The Bertz CT molecular complexity index is 896. The fourth-order valence-electron chi connectivity index (χ4n) is 5.36. The Morgan fingerprint density at radius 1 is 1.10 bits per heavy atom. The maximum absolute atomic E-state index is 12.9. The monoisotopic (exact) mass is 636 g/mol. The highest BCUT2D eigenvalue weighted by molar-refractivity contribution is 9.12. The molecule has 3 aliphatic rings. The van der Waals surface area contributed by atoms with Gasteiger partial charge in [-0.25, -0.2) is 0 Å². The largest absolute Gasteiger partial charge is 0.326 e. The van der Waals surface area contributed by atoms with E-state index in [4.69, 9.17) is 11.6 Å². The number of halogens is 4. The SMILES string of the molecule is Cc1c(NC(=O)CCCCCN2C(=O)C3C4CC(C(Br)C4Br)C3C2=O)ccc(Br)c1Cl. The highest BCUT2D eigenvalue weighted by Gasteiger charge is 2.66. The Labute approximate surface area is 212 Å². The van der Waals surface area contributed by atoms with Crippen LogP contribution in [0.4, 0.5) is 5.69 Å². The molecule has 1 aromatic rings. The number of imide groups is 1. The van der Waals surface area contributed by atoms with Gasteiger partial charge in [-0.05, 0) is 71.6 Å². The van der Waals surface area contributed by atoms with Gasteiger partial charge in [-0.2, -0.15) is 0 Å². The number of anilines is 1. The molecule has 1 saturated heterocycles. The van der Waals surface area contributed by atoms with Gasteiger partial charge in [0.2, 0.25) is 17.7 Å². The van der Waals surface area contributed by atoms with Crippen LogP contribution in [0.5, 0.6) is 0 Å². The van der Waals surface area contributed by atoms with Crippen LogP contribution in [0.15, 0.2) is 16.6 Å². The van der Waals surface area contributed by atoms with Crippen molar-refractivity contribution in [2.45, 2.75) is 48.7 Å². The first-order chi connectivity index (χ1) is 14.7. The van der Waals surface area contributed by atoms with Crippen LogP contribution in [0.2, 0.25) is 5.02 Å². The van der Waals surface area contributed by atoms with E-state index >= 15 is 0 Å². The number of likely N-dealkylation sites (tertiary alicyclic amines) is 1. The summed E-state index contributed by atoms with van der Waals surface area (Å²) in [5, 5.41) is 3.50. The summed E-state index contributed by atoms with van der Waals surface area (Å²) in [5.41, 5.74) is 1.54. The molecule has 2 aliphatic carbocycles. The first kappa shape index (κ1) is 23.7. The van der Waals surface area contributed by atoms with Gasteiger partial charge in [0.05, 0.1) is 16.9 Å². The molecule has 6 atom stereocenters. The van der Waals surface area contributed by atoms with E-state index < -0.39 is 0 Å². The standard InChI is InChI=1S/C22H24Br3ClN2O3/c1-10-14(7-6-13(23)20(10)26)27-15(29)5-3-2-4-8-28-21(30)16-11-9-12(17(16)22(28)31)19(25)18(11)24/h6-7,11-12,16-19H,2-5,8-9H2,1H3,(H,27,29). The van der Waals surface area contributed by atoms with E-state index in [2.05, 4.69) is 53.1 Å². The molecular formula is C22H24Br3ClN2O3. The predicted octanol–water partition coefficient (Wildman–Crippen LogP) is 5.69. The van der Waals surface area contributed by atoms with Crippen LogP contribution in [0.1, 0.15) is 37.7 Å². The second-order valence-electron chi connectivity index (χ2n) is 8.72. The lowest BCUT2D eigenvalue weighted by Crippen LogP contribution is -2.37. The highest BCUT2D eigenvalue weighted by Crippen LogP contribution is 2.60. The van der Waals surface area contributed by atoms with E-state index in [9.17, 15) is 14.4 Å². The number of hydrogen-bond donors (Lipinski definition) is 1. The van der Waals surface area contributed by atoms with Gasteiger partial charge in [0.15, 0.2) is 0 Å². The molecule has 2 bridgehead atoms. The van der Waals surface area contributed by atoms with Gasteiger partial charge in [0.1, 0.15) is 0 Å². The maximum Gasteiger partial charge on any atom is 0.233 e. The molecule has 168 valence electrons. The first-order valence-corrected chi connectivity index (χ1v) is 13.6. The molecule has 1 heterocycles. The van der Waals surface area contributed by atoms with Crippen molar-refractivity contribution in [2.24, 2.45) is 23.7 Å². The summed E-state index contributed by atoms with van der Waals surface area (Å²) >= 11 is 17.0. The van der Waals surface area contributed by atoms with Crippen molar-refractivity contribution in [1.82, 2.24) is 4.90 Å². The fourth-order valence-corrected chi connectivity index (χ4v) is 7.83. The maximum atomic E-state index is 12.9. The molecule has 6 unspecified atom stereocenters. The normalized spacial score (nSPS) is 31.5. The molecule has 4 rings (SSSR count). The first-order valence-electron chi connectivity index (χ1n) is 10.6. The van der Waals surface area contributed by atoms with E-state index in [1.807, 2.05) is 19.1 Å². The van der Waals surface area contributed by atoms with Crippen LogP contribution in [-0.4, -0.2) is 38.8 Å². The van der Waals surface area contributed by atoms with Gasteiger partial charge < -0.3 is 5.32 Å². The van der Waals surface area contributed by atoms with E-state index in [1.54, 1.807) is 0 Å². The summed E-state index contributed by atoms with van der Waals surface area (Å²) in [7, 11) is 0. The molecule has 0 spiro atoms. The lowest BCUT2D eigenvalue weighted by Gasteiger charge is -2.28. The predicted molar refractivity (Wildman–Crippen MR) is 132 cm³/mol. The van der Waals surface area contributed by atoms with Crippen molar-refractivity contribution in [3.05, 3.63) is 27.2 Å². The minimum Gasteiger partial charge on any atom is -0.326 e. The van der Waals surface area contributed by atoms with Gasteiger partial charge in [0, 0.05) is 32.8 Å². The average molecular weight is 640 g/mol. The summed E-state index contributed by atoms with van der Waals surface area (Å²) in [6.07, 6.45) is 3.55. The summed E-state index contributed by atoms with van der Waals surface area (Å²) < 4.78 is 0.797. The quantitative estimate of drug-likeness (QED) is 0.237. The fraction of sp³-hybridized carbons (Fsp3) is 0.591. The third-order valence-electron chi connectivity index (χ3n) is 6.98. The molecule has 5 nitrogen and oxygen atoms in total. The van der Waals surface area contributed by atoms with Crippen molar-refractivity contribution in [3.63, 3.8) is 0 Å². The minimum atomic E-state index is -0.151. The molecule has 0 radical (unpaired) electrons. The molecule has 1 N–H and O–H groups in total. The van der Waals surface area contributed by atoms with Gasteiger partial charge in [0.25, 0.3) is 0 Å². The van der Waals surface area contributed by atoms with Gasteiger partial charge in [-0.3, -0.25) is 19.3 Å². The number of nitrogens with one attached hydrogen (secondary N) is 1. The van der Waals surface area contributed by atoms with Gasteiger partial charge >= 0.3 is 0 Å². The Balaban J connectivity index is 1.22. The number of fused-ring (bicyclic) bond motifs is 5. The molecule has 0 aromatic heterocycles. The second kappa shape index (κ2) is 9.43. The number of hydrogen-bond acceptors (Lipinski definition) is 3. The Morgan fingerprint density at radius 2 is 1.71 bits per heavy atom. The van der Waals surface area contributed by atoms with Crippen molar-refractivity contribution in [3.8, 4) is 0 Å². The number of carbonyl (C=O) groups excluding carboxylic acids is 3. The van der Waals surface area contributed by atoms with Crippen molar-refractivity contribution in [2.75, 3.05) is 11.9 Å². The number of carbonyl (C=O) groups is 3. The molecule has 1 aliphatic heterocycles. The zero-order valence-corrected chi connectivity index (χ0v) is 22.6. The molecule has 1 aromatic carbocycles. The number of nitrogens with zero attached hydrogens (tertiary/aromatic N) is 1. The Morgan fingerprint density at radius 3 is 2.32 bits per heavy atom. The summed E-state index contributed by atoms with van der Waals surface area (Å²) in [6, 6.07) is 3.64. The second-order valence-corrected chi connectivity index (χ2v) is 12.1. The Kier molecular flexibility index (Phi) is 7.21. The third kappa shape index (κ3) is 4.26. The van der Waals surface area contributed by atoms with Crippen molar-refractivity contribution < 1.29 is 14.4 Å². The van der Waals surface area contributed by atoms with Crippen molar-refractivity contribution in [1.29, 1.82) is 0 Å². The third-order valence-corrected chi connectivity index (χ3v) is 11.6. The molecule has 3 fully saturated rings. The molecule has 9 heteroatoms. The summed E-state index contributed by atoms with van der Waals surface area (Å²) in [5.74, 6) is 0.149. The zero-order valence-electron chi connectivity index (χ0n) is 17.0. The summed E-state index contributed by atoms with van der Waals surface area (Å²) in [6.45, 7) is 2.32. The van der Waals surface area contributed by atoms with E-state index in [0.717, 1.165) is 29.3 Å². The lowest BCUT2D eigenvalue weighted by atomic mass is 9.81. The van der Waals surface area contributed by atoms with Crippen molar-refractivity contribution >= 4 is 82.8 Å². The van der Waals surface area contributed by atoms with E-state index in [1.165, 1.54) is 4.90 Å². The van der Waals surface area contributed by atoms with Gasteiger partial charge in [-0.1, -0.05) is 49.9 Å². The highest BCUT2D eigenvalue weighted by atomic mass is 79.9. The van der Waals surface area contributed by atoms with E-state index in [-0.39, 0.29) is 51.0 Å². The molecular weight excluding hydrogens is 615 g/mol. The van der Waals surface area contributed by atoms with Crippen LogP contribution in [0, 0.1) is 30.6 Å². The van der Waals surface area contributed by atoms with Crippen LogP contribution in [-0.2, 0) is 14.4 Å². The lowest BCUT2D eigenvalue weighted by molar-refractivity contribution is -0.140. The number of amides is 3. The summed E-state index contributed by atoms with van der Waals surface area (Å²) in [4.78, 5) is 40.0. The molecule has 31 heavy (non-hydrogen) atoms. The minimum absolute atomic E-state index is 0.00619. The van der Waals surface area contributed by atoms with Crippen LogP contribution >= 0.6 is 59.4 Å². The van der Waals surface area contributed by atoms with E-state index in [0.29, 0.717) is 30.1 Å². The number of benzene rings is 1. The zero-order chi connectivity index (χ0) is 22.4. The van der Waals surface area contributed by atoms with Crippen LogP contribution in [0.25, 0.3) is 0 Å². The average Bonchev–Trinajstić information content (AvgIpc) is 3.34. The number of unbranched alkanes of at least 4 members (excludes halogenated alkanes) is 2. The topological polar surface area (TPSA) is 66.5 Å². The Hall–Kier alpha value is -0.440. The smallest absolute Gasteiger partial charge is 0.233 e. The number of rotatable bonds is 7. The number of alkyl halides is 2. The van der Waals surface area contributed by atoms with Gasteiger partial charge in [-0.15, -0.1) is 0 Å². The van der Waals surface area contributed by atoms with Crippen LogP contribution in [0.3, 0.4) is 0 Å².